The number of amides is 2. The quantitative estimate of drug-likeness (QED) is 0.553. The third-order valence-electron chi connectivity index (χ3n) is 6.87. The van der Waals surface area contributed by atoms with E-state index < -0.39 is 30.1 Å². The molecular formula is C26H28N2O6. The highest BCUT2D eigenvalue weighted by molar-refractivity contribution is 5.87. The topological polar surface area (TPSA) is 114 Å². The third kappa shape index (κ3) is 4.63. The molecule has 3 aliphatic rings. The molecule has 2 aromatic rings. The van der Waals surface area contributed by atoms with Crippen LogP contribution in [0.15, 0.2) is 48.5 Å². The van der Waals surface area contributed by atoms with E-state index in [-0.39, 0.29) is 31.1 Å². The predicted molar refractivity (Wildman–Crippen MR) is 123 cm³/mol. The lowest BCUT2D eigenvalue weighted by Gasteiger charge is -2.18. The summed E-state index contributed by atoms with van der Waals surface area (Å²) in [6, 6.07) is 15.4. The second-order valence-corrected chi connectivity index (χ2v) is 9.19. The van der Waals surface area contributed by atoms with Crippen LogP contribution in [0, 0.1) is 5.92 Å². The van der Waals surface area contributed by atoms with Crippen molar-refractivity contribution < 1.29 is 29.0 Å². The molecule has 178 valence electrons. The number of ether oxygens (including phenoxy) is 2. The standard InChI is InChI=1S/C26H28N2O6/c29-24(28-23(25(30)31)15-9-10-15)22-12-11-16(34-22)13-27-26(32)33-14-21-19-7-3-1-5-17(19)18-6-2-4-8-20(18)21/h1-8,15-16,21-23H,9-14H2,(H,27,32)(H,28,29)(H,30,31). The molecule has 2 fully saturated rings. The first-order valence-electron chi connectivity index (χ1n) is 11.8. The Labute approximate surface area is 197 Å². The van der Waals surface area contributed by atoms with Crippen LogP contribution in [0.4, 0.5) is 4.79 Å². The van der Waals surface area contributed by atoms with Gasteiger partial charge in [-0.05, 0) is 53.9 Å². The number of hydrogen-bond donors (Lipinski definition) is 3. The van der Waals surface area contributed by atoms with Gasteiger partial charge in [-0.15, -0.1) is 0 Å². The number of hydrogen-bond acceptors (Lipinski definition) is 5. The van der Waals surface area contributed by atoms with Gasteiger partial charge in [-0.1, -0.05) is 48.5 Å². The maximum Gasteiger partial charge on any atom is 0.407 e. The van der Waals surface area contributed by atoms with E-state index >= 15 is 0 Å². The average Bonchev–Trinajstić information content (AvgIpc) is 3.48. The second-order valence-electron chi connectivity index (χ2n) is 9.19. The van der Waals surface area contributed by atoms with Crippen molar-refractivity contribution in [2.75, 3.05) is 13.2 Å². The minimum Gasteiger partial charge on any atom is -0.480 e. The van der Waals surface area contributed by atoms with Crippen molar-refractivity contribution in [3.8, 4) is 11.1 Å². The fourth-order valence-corrected chi connectivity index (χ4v) is 4.95. The Hall–Kier alpha value is -3.39. The summed E-state index contributed by atoms with van der Waals surface area (Å²) in [5.41, 5.74) is 4.64. The number of alkyl carbamates (subject to hydrolysis) is 1. The van der Waals surface area contributed by atoms with Crippen LogP contribution in [-0.2, 0) is 19.1 Å². The summed E-state index contributed by atoms with van der Waals surface area (Å²) in [5.74, 6) is -1.42. The first-order chi connectivity index (χ1) is 16.5. The van der Waals surface area contributed by atoms with Crippen LogP contribution in [0.1, 0.15) is 42.7 Å². The highest BCUT2D eigenvalue weighted by Gasteiger charge is 2.40. The van der Waals surface area contributed by atoms with Gasteiger partial charge in [0.25, 0.3) is 0 Å². The Kier molecular flexibility index (Phi) is 6.24. The molecule has 3 atom stereocenters. The number of nitrogens with one attached hydrogen (secondary N) is 2. The molecule has 1 heterocycles. The van der Waals surface area contributed by atoms with E-state index in [0.29, 0.717) is 12.8 Å². The molecule has 0 radical (unpaired) electrons. The predicted octanol–water partition coefficient (Wildman–Crippen LogP) is 3.05. The Morgan fingerprint density at radius 2 is 1.62 bits per heavy atom. The van der Waals surface area contributed by atoms with Crippen molar-refractivity contribution in [1.29, 1.82) is 0 Å². The average molecular weight is 465 g/mol. The molecule has 1 saturated heterocycles. The SMILES string of the molecule is O=C(NCC1CCC(C(=O)NC(C(=O)O)C2CC2)O1)OCC1c2ccccc2-c2ccccc21. The van der Waals surface area contributed by atoms with E-state index in [1.54, 1.807) is 0 Å². The van der Waals surface area contributed by atoms with Crippen LogP contribution in [-0.4, -0.2) is 54.5 Å². The second kappa shape index (κ2) is 9.46. The van der Waals surface area contributed by atoms with Gasteiger partial charge in [-0.3, -0.25) is 4.79 Å². The zero-order chi connectivity index (χ0) is 23.7. The van der Waals surface area contributed by atoms with E-state index in [4.69, 9.17) is 9.47 Å². The Morgan fingerprint density at radius 3 is 2.24 bits per heavy atom. The molecule has 5 rings (SSSR count). The summed E-state index contributed by atoms with van der Waals surface area (Å²) in [7, 11) is 0. The first kappa shape index (κ1) is 22.4. The lowest BCUT2D eigenvalue weighted by atomic mass is 9.98. The van der Waals surface area contributed by atoms with Gasteiger partial charge < -0.3 is 25.2 Å². The summed E-state index contributed by atoms with van der Waals surface area (Å²) in [5, 5.41) is 14.6. The number of aliphatic carboxylic acids is 1. The van der Waals surface area contributed by atoms with E-state index in [2.05, 4.69) is 34.9 Å². The van der Waals surface area contributed by atoms with Crippen LogP contribution in [0.2, 0.25) is 0 Å². The summed E-state index contributed by atoms with van der Waals surface area (Å²) >= 11 is 0. The minimum atomic E-state index is -1.01. The minimum absolute atomic E-state index is 0.00823. The lowest BCUT2D eigenvalue weighted by Crippen LogP contribution is -2.47. The zero-order valence-corrected chi connectivity index (χ0v) is 18.7. The maximum atomic E-state index is 12.4. The molecule has 8 nitrogen and oxygen atoms in total. The van der Waals surface area contributed by atoms with Crippen LogP contribution in [0.25, 0.3) is 11.1 Å². The van der Waals surface area contributed by atoms with Crippen molar-refractivity contribution in [1.82, 2.24) is 10.6 Å². The number of carboxylic acid groups (broad SMARTS) is 1. The molecule has 3 N–H and O–H groups in total. The molecule has 0 bridgehead atoms. The molecule has 3 unspecified atom stereocenters. The van der Waals surface area contributed by atoms with Crippen molar-refractivity contribution in [3.05, 3.63) is 59.7 Å². The van der Waals surface area contributed by atoms with Crippen LogP contribution in [0.3, 0.4) is 0 Å². The molecule has 1 aliphatic heterocycles. The fraction of sp³-hybridized carbons (Fsp3) is 0.423. The van der Waals surface area contributed by atoms with Crippen molar-refractivity contribution in [2.24, 2.45) is 5.92 Å². The third-order valence-corrected chi connectivity index (χ3v) is 6.87. The smallest absolute Gasteiger partial charge is 0.407 e. The molecule has 8 heteroatoms. The van der Waals surface area contributed by atoms with Crippen LogP contribution < -0.4 is 10.6 Å². The van der Waals surface area contributed by atoms with Gasteiger partial charge in [0.1, 0.15) is 18.8 Å². The molecule has 0 spiro atoms. The van der Waals surface area contributed by atoms with E-state index in [0.717, 1.165) is 24.0 Å². The Morgan fingerprint density at radius 1 is 0.971 bits per heavy atom. The number of rotatable bonds is 8. The number of carboxylic acids is 1. The number of carbonyl (C=O) groups is 3. The number of fused-ring (bicyclic) bond motifs is 3. The van der Waals surface area contributed by atoms with Crippen molar-refractivity contribution in [3.63, 3.8) is 0 Å². The zero-order valence-electron chi connectivity index (χ0n) is 18.7. The number of benzene rings is 2. The molecule has 2 amide bonds. The first-order valence-corrected chi connectivity index (χ1v) is 11.8. The fourth-order valence-electron chi connectivity index (χ4n) is 4.95. The molecular weight excluding hydrogens is 436 g/mol. The number of carbonyl (C=O) groups excluding carboxylic acids is 2. The van der Waals surface area contributed by atoms with Crippen molar-refractivity contribution >= 4 is 18.0 Å². The Balaban J connectivity index is 1.09. The van der Waals surface area contributed by atoms with E-state index in [1.165, 1.54) is 11.1 Å². The van der Waals surface area contributed by atoms with Gasteiger partial charge in [-0.25, -0.2) is 9.59 Å². The summed E-state index contributed by atoms with van der Waals surface area (Å²) in [6.45, 7) is 0.458. The largest absolute Gasteiger partial charge is 0.480 e. The molecule has 2 aliphatic carbocycles. The summed E-state index contributed by atoms with van der Waals surface area (Å²) < 4.78 is 11.3. The maximum absolute atomic E-state index is 12.4. The van der Waals surface area contributed by atoms with Gasteiger partial charge in [0.05, 0.1) is 6.10 Å². The van der Waals surface area contributed by atoms with Gasteiger partial charge in [0.15, 0.2) is 0 Å². The van der Waals surface area contributed by atoms with E-state index in [9.17, 15) is 19.5 Å². The van der Waals surface area contributed by atoms with Gasteiger partial charge in [0.2, 0.25) is 5.91 Å². The normalized spacial score (nSPS) is 21.9. The lowest BCUT2D eigenvalue weighted by molar-refractivity contribution is -0.144. The van der Waals surface area contributed by atoms with Crippen molar-refractivity contribution in [2.45, 2.75) is 49.9 Å². The van der Waals surface area contributed by atoms with Gasteiger partial charge in [-0.2, -0.15) is 0 Å². The highest BCUT2D eigenvalue weighted by atomic mass is 16.5. The van der Waals surface area contributed by atoms with Crippen LogP contribution in [0.5, 0.6) is 0 Å². The van der Waals surface area contributed by atoms with E-state index in [1.807, 2.05) is 24.3 Å². The summed E-state index contributed by atoms with van der Waals surface area (Å²) in [4.78, 5) is 36.1. The molecule has 34 heavy (non-hydrogen) atoms. The summed E-state index contributed by atoms with van der Waals surface area (Å²) in [6.07, 6.45) is 1.17. The van der Waals surface area contributed by atoms with Crippen LogP contribution >= 0.6 is 0 Å². The molecule has 1 saturated carbocycles. The Bertz CT molecular complexity index is 1050. The monoisotopic (exact) mass is 464 g/mol. The highest BCUT2D eigenvalue weighted by Crippen LogP contribution is 2.44. The van der Waals surface area contributed by atoms with Gasteiger partial charge in [0, 0.05) is 12.5 Å². The van der Waals surface area contributed by atoms with Gasteiger partial charge >= 0.3 is 12.1 Å². The molecule has 0 aromatic heterocycles. The molecule has 2 aromatic carbocycles.